The van der Waals surface area contributed by atoms with Crippen molar-refractivity contribution in [3.8, 4) is 5.75 Å². The van der Waals surface area contributed by atoms with E-state index in [2.05, 4.69) is 4.98 Å². The standard InChI is InChI=1S/C18H20N2O3/c1-22-12-14-5-8-16-17(19-14)9-10-20(18(16)21)11-13-3-6-15(23-2)7-4-13/h3-8H,9-12H2,1-2H3. The lowest BCUT2D eigenvalue weighted by Crippen LogP contribution is -2.37. The Morgan fingerprint density at radius 3 is 2.61 bits per heavy atom. The Morgan fingerprint density at radius 1 is 1.13 bits per heavy atom. The van der Waals surface area contributed by atoms with Crippen LogP contribution in [0.5, 0.6) is 5.75 Å². The zero-order valence-corrected chi connectivity index (χ0v) is 13.4. The number of hydrogen-bond donors (Lipinski definition) is 0. The predicted octanol–water partition coefficient (Wildman–Crippen LogP) is 2.44. The van der Waals surface area contributed by atoms with Gasteiger partial charge in [-0.15, -0.1) is 0 Å². The highest BCUT2D eigenvalue weighted by Gasteiger charge is 2.25. The molecule has 0 radical (unpaired) electrons. The topological polar surface area (TPSA) is 51.7 Å². The van der Waals surface area contributed by atoms with E-state index in [1.807, 2.05) is 41.3 Å². The van der Waals surface area contributed by atoms with Crippen LogP contribution in [-0.2, 0) is 24.3 Å². The van der Waals surface area contributed by atoms with Crippen LogP contribution in [0.4, 0.5) is 0 Å². The lowest BCUT2D eigenvalue weighted by molar-refractivity contribution is 0.0724. The van der Waals surface area contributed by atoms with Gasteiger partial charge in [-0.3, -0.25) is 9.78 Å². The fourth-order valence-electron chi connectivity index (χ4n) is 2.78. The third-order valence-corrected chi connectivity index (χ3v) is 3.99. The molecule has 2 aromatic rings. The number of methoxy groups -OCH3 is 2. The molecule has 0 bridgehead atoms. The number of rotatable bonds is 5. The van der Waals surface area contributed by atoms with E-state index < -0.39 is 0 Å². The maximum Gasteiger partial charge on any atom is 0.256 e. The van der Waals surface area contributed by atoms with Gasteiger partial charge in [-0.1, -0.05) is 12.1 Å². The highest BCUT2D eigenvalue weighted by Crippen LogP contribution is 2.21. The van der Waals surface area contributed by atoms with E-state index in [1.54, 1.807) is 14.2 Å². The van der Waals surface area contributed by atoms with Crippen molar-refractivity contribution in [3.05, 3.63) is 58.9 Å². The average Bonchev–Trinajstić information content (AvgIpc) is 2.58. The van der Waals surface area contributed by atoms with Crippen molar-refractivity contribution in [1.29, 1.82) is 0 Å². The molecule has 0 unspecified atom stereocenters. The van der Waals surface area contributed by atoms with Gasteiger partial charge in [0, 0.05) is 26.6 Å². The second-order valence-corrected chi connectivity index (χ2v) is 5.55. The molecule has 1 aliphatic rings. The van der Waals surface area contributed by atoms with Crippen LogP contribution in [0.2, 0.25) is 0 Å². The molecule has 0 N–H and O–H groups in total. The third kappa shape index (κ3) is 3.35. The Labute approximate surface area is 135 Å². The van der Waals surface area contributed by atoms with Crippen LogP contribution in [0.25, 0.3) is 0 Å². The Balaban J connectivity index is 1.75. The quantitative estimate of drug-likeness (QED) is 0.851. The van der Waals surface area contributed by atoms with Gasteiger partial charge in [-0.05, 0) is 29.8 Å². The first-order valence-electron chi connectivity index (χ1n) is 7.61. The summed E-state index contributed by atoms with van der Waals surface area (Å²) in [6.45, 7) is 1.75. The number of carbonyl (C=O) groups is 1. The van der Waals surface area contributed by atoms with E-state index in [0.29, 0.717) is 25.3 Å². The van der Waals surface area contributed by atoms with Crippen LogP contribution in [0.1, 0.15) is 27.3 Å². The Bertz CT molecular complexity index is 698. The Hall–Kier alpha value is -2.40. The summed E-state index contributed by atoms with van der Waals surface area (Å²) in [5.74, 6) is 0.859. The highest BCUT2D eigenvalue weighted by atomic mass is 16.5. The van der Waals surface area contributed by atoms with Crippen LogP contribution in [0, 0.1) is 0 Å². The summed E-state index contributed by atoms with van der Waals surface area (Å²) in [5.41, 5.74) is 3.52. The number of nitrogens with zero attached hydrogens (tertiary/aromatic N) is 2. The fraction of sp³-hybridized carbons (Fsp3) is 0.333. The first-order valence-corrected chi connectivity index (χ1v) is 7.61. The van der Waals surface area contributed by atoms with E-state index >= 15 is 0 Å². The Morgan fingerprint density at radius 2 is 1.91 bits per heavy atom. The van der Waals surface area contributed by atoms with Gasteiger partial charge >= 0.3 is 0 Å². The molecule has 0 spiro atoms. The number of ether oxygens (including phenoxy) is 2. The fourth-order valence-corrected chi connectivity index (χ4v) is 2.78. The molecule has 1 aromatic carbocycles. The summed E-state index contributed by atoms with van der Waals surface area (Å²) >= 11 is 0. The van der Waals surface area contributed by atoms with E-state index in [9.17, 15) is 4.79 Å². The van der Waals surface area contributed by atoms with Gasteiger partial charge in [-0.2, -0.15) is 0 Å². The maximum absolute atomic E-state index is 12.6. The summed E-state index contributed by atoms with van der Waals surface area (Å²) < 4.78 is 10.3. The summed E-state index contributed by atoms with van der Waals surface area (Å²) in [6.07, 6.45) is 0.773. The first kappa shape index (κ1) is 15.5. The number of fused-ring (bicyclic) bond motifs is 1. The molecule has 0 saturated carbocycles. The summed E-state index contributed by atoms with van der Waals surface area (Å²) in [7, 11) is 3.29. The van der Waals surface area contributed by atoms with Crippen molar-refractivity contribution in [2.24, 2.45) is 0 Å². The van der Waals surface area contributed by atoms with E-state index in [4.69, 9.17) is 9.47 Å². The molecule has 3 rings (SSSR count). The average molecular weight is 312 g/mol. The molecule has 23 heavy (non-hydrogen) atoms. The molecular weight excluding hydrogens is 292 g/mol. The van der Waals surface area contributed by atoms with Crippen molar-refractivity contribution in [3.63, 3.8) is 0 Å². The van der Waals surface area contributed by atoms with Crippen LogP contribution in [0.15, 0.2) is 36.4 Å². The van der Waals surface area contributed by atoms with Crippen molar-refractivity contribution < 1.29 is 14.3 Å². The lowest BCUT2D eigenvalue weighted by atomic mass is 10.0. The maximum atomic E-state index is 12.6. The van der Waals surface area contributed by atoms with Gasteiger partial charge in [0.05, 0.1) is 30.7 Å². The van der Waals surface area contributed by atoms with Crippen LogP contribution in [0.3, 0.4) is 0 Å². The molecule has 5 nitrogen and oxygen atoms in total. The van der Waals surface area contributed by atoms with Crippen molar-refractivity contribution in [2.75, 3.05) is 20.8 Å². The molecule has 0 atom stereocenters. The van der Waals surface area contributed by atoms with Crippen LogP contribution < -0.4 is 4.74 Å². The van der Waals surface area contributed by atoms with Crippen LogP contribution in [-0.4, -0.2) is 36.6 Å². The number of hydrogen-bond acceptors (Lipinski definition) is 4. The second-order valence-electron chi connectivity index (χ2n) is 5.55. The SMILES string of the molecule is COCc1ccc2c(n1)CCN(Cc1ccc(OC)cc1)C2=O. The minimum atomic E-state index is 0.0403. The molecular formula is C18H20N2O3. The molecule has 5 heteroatoms. The molecule has 0 aliphatic carbocycles. The third-order valence-electron chi connectivity index (χ3n) is 3.99. The highest BCUT2D eigenvalue weighted by molar-refractivity contribution is 5.96. The van der Waals surface area contributed by atoms with Crippen molar-refractivity contribution in [1.82, 2.24) is 9.88 Å². The number of amides is 1. The monoisotopic (exact) mass is 312 g/mol. The smallest absolute Gasteiger partial charge is 0.256 e. The molecule has 0 fully saturated rings. The zero-order valence-electron chi connectivity index (χ0n) is 13.4. The van der Waals surface area contributed by atoms with Crippen molar-refractivity contribution in [2.45, 2.75) is 19.6 Å². The zero-order chi connectivity index (χ0) is 16.2. The molecule has 1 aliphatic heterocycles. The number of carbonyl (C=O) groups excluding carboxylic acids is 1. The van der Waals surface area contributed by atoms with Gasteiger partial charge in [0.2, 0.25) is 0 Å². The number of aromatic nitrogens is 1. The predicted molar refractivity (Wildman–Crippen MR) is 86.4 cm³/mol. The summed E-state index contributed by atoms with van der Waals surface area (Å²) in [5, 5.41) is 0. The Kier molecular flexibility index (Phi) is 4.57. The second kappa shape index (κ2) is 6.79. The van der Waals surface area contributed by atoms with Crippen LogP contribution >= 0.6 is 0 Å². The van der Waals surface area contributed by atoms with E-state index in [-0.39, 0.29) is 5.91 Å². The van der Waals surface area contributed by atoms with E-state index in [1.165, 1.54) is 0 Å². The normalized spacial score (nSPS) is 13.8. The molecule has 120 valence electrons. The molecule has 0 saturated heterocycles. The minimum Gasteiger partial charge on any atom is -0.497 e. The van der Waals surface area contributed by atoms with Gasteiger partial charge in [0.25, 0.3) is 5.91 Å². The van der Waals surface area contributed by atoms with E-state index in [0.717, 1.165) is 29.1 Å². The van der Waals surface area contributed by atoms with Crippen molar-refractivity contribution >= 4 is 5.91 Å². The molecule has 1 aromatic heterocycles. The van der Waals surface area contributed by atoms with Gasteiger partial charge < -0.3 is 14.4 Å². The summed E-state index contributed by atoms with van der Waals surface area (Å²) in [4.78, 5) is 19.0. The lowest BCUT2D eigenvalue weighted by Gasteiger charge is -2.28. The van der Waals surface area contributed by atoms with Gasteiger partial charge in [0.1, 0.15) is 5.75 Å². The largest absolute Gasteiger partial charge is 0.497 e. The summed E-state index contributed by atoms with van der Waals surface area (Å²) in [6, 6.07) is 11.5. The van der Waals surface area contributed by atoms with Gasteiger partial charge in [-0.25, -0.2) is 0 Å². The number of pyridine rings is 1. The molecule has 1 amide bonds. The minimum absolute atomic E-state index is 0.0403. The number of benzene rings is 1. The van der Waals surface area contributed by atoms with Gasteiger partial charge in [0.15, 0.2) is 0 Å². The first-order chi connectivity index (χ1) is 11.2. The molecule has 2 heterocycles.